The lowest BCUT2D eigenvalue weighted by Crippen LogP contribution is -2.15. The molecule has 0 spiro atoms. The number of ether oxygens (including phenoxy) is 1. The monoisotopic (exact) mass is 305 g/mol. The standard InChI is InChI=1S/C17H17ClFNO/c1-21-17-7-2-11(8-12(17)10-20-14-4-5-14)15-6-3-13(18)9-16(15)19/h2-3,6-9,14,20H,4-5,10H2,1H3. The molecule has 0 unspecified atom stereocenters. The van der Waals surface area contributed by atoms with Gasteiger partial charge < -0.3 is 10.1 Å². The van der Waals surface area contributed by atoms with Gasteiger partial charge in [-0.15, -0.1) is 0 Å². The predicted octanol–water partition coefficient (Wildman–Crippen LogP) is 4.41. The maximum Gasteiger partial charge on any atom is 0.132 e. The molecular weight excluding hydrogens is 289 g/mol. The van der Waals surface area contributed by atoms with E-state index < -0.39 is 0 Å². The van der Waals surface area contributed by atoms with Crippen molar-refractivity contribution in [2.24, 2.45) is 0 Å². The third kappa shape index (κ3) is 3.36. The maximum atomic E-state index is 14.0. The number of methoxy groups -OCH3 is 1. The second-order valence-corrected chi connectivity index (χ2v) is 5.74. The molecule has 0 aromatic heterocycles. The van der Waals surface area contributed by atoms with Gasteiger partial charge in [-0.3, -0.25) is 0 Å². The molecule has 2 aromatic carbocycles. The number of halogens is 2. The smallest absolute Gasteiger partial charge is 0.132 e. The molecule has 0 bridgehead atoms. The molecule has 0 saturated heterocycles. The van der Waals surface area contributed by atoms with Crippen molar-refractivity contribution in [2.45, 2.75) is 25.4 Å². The van der Waals surface area contributed by atoms with E-state index in [0.29, 0.717) is 16.6 Å². The molecule has 1 fully saturated rings. The second-order valence-electron chi connectivity index (χ2n) is 5.31. The van der Waals surface area contributed by atoms with Crippen molar-refractivity contribution in [3.63, 3.8) is 0 Å². The zero-order valence-electron chi connectivity index (χ0n) is 11.8. The highest BCUT2D eigenvalue weighted by atomic mass is 35.5. The molecule has 0 atom stereocenters. The highest BCUT2D eigenvalue weighted by Gasteiger charge is 2.20. The van der Waals surface area contributed by atoms with Gasteiger partial charge in [0.1, 0.15) is 11.6 Å². The molecule has 21 heavy (non-hydrogen) atoms. The molecular formula is C17H17ClFNO. The topological polar surface area (TPSA) is 21.3 Å². The first-order valence-electron chi connectivity index (χ1n) is 7.03. The quantitative estimate of drug-likeness (QED) is 0.883. The van der Waals surface area contributed by atoms with Crippen LogP contribution in [0, 0.1) is 5.82 Å². The number of hydrogen-bond donors (Lipinski definition) is 1. The number of nitrogens with one attached hydrogen (secondary N) is 1. The van der Waals surface area contributed by atoms with Crippen LogP contribution < -0.4 is 10.1 Å². The van der Waals surface area contributed by atoms with Gasteiger partial charge in [-0.2, -0.15) is 0 Å². The fourth-order valence-electron chi connectivity index (χ4n) is 2.35. The van der Waals surface area contributed by atoms with Crippen LogP contribution in [-0.2, 0) is 6.54 Å². The summed E-state index contributed by atoms with van der Waals surface area (Å²) in [6.45, 7) is 0.733. The Labute approximate surface area is 128 Å². The van der Waals surface area contributed by atoms with Crippen molar-refractivity contribution in [1.29, 1.82) is 0 Å². The molecule has 2 nitrogen and oxygen atoms in total. The fourth-order valence-corrected chi connectivity index (χ4v) is 2.51. The van der Waals surface area contributed by atoms with Gasteiger partial charge in [0.25, 0.3) is 0 Å². The summed E-state index contributed by atoms with van der Waals surface area (Å²) >= 11 is 5.80. The second kappa shape index (κ2) is 6.04. The highest BCUT2D eigenvalue weighted by molar-refractivity contribution is 6.30. The Morgan fingerprint density at radius 1 is 1.24 bits per heavy atom. The highest BCUT2D eigenvalue weighted by Crippen LogP contribution is 2.30. The van der Waals surface area contributed by atoms with Gasteiger partial charge in [-0.25, -0.2) is 4.39 Å². The van der Waals surface area contributed by atoms with Crippen molar-refractivity contribution >= 4 is 11.6 Å². The first kappa shape index (κ1) is 14.4. The average Bonchev–Trinajstić information content (AvgIpc) is 3.29. The van der Waals surface area contributed by atoms with E-state index in [0.717, 1.165) is 23.4 Å². The molecule has 0 heterocycles. The largest absolute Gasteiger partial charge is 0.496 e. The molecule has 4 heteroatoms. The van der Waals surface area contributed by atoms with E-state index in [1.807, 2.05) is 18.2 Å². The van der Waals surface area contributed by atoms with E-state index >= 15 is 0 Å². The van der Waals surface area contributed by atoms with E-state index in [1.54, 1.807) is 19.2 Å². The first-order chi connectivity index (χ1) is 10.2. The van der Waals surface area contributed by atoms with Crippen LogP contribution in [0.25, 0.3) is 11.1 Å². The Morgan fingerprint density at radius 3 is 2.71 bits per heavy atom. The van der Waals surface area contributed by atoms with Gasteiger partial charge in [0.05, 0.1) is 7.11 Å². The Morgan fingerprint density at radius 2 is 2.05 bits per heavy atom. The van der Waals surface area contributed by atoms with Crippen LogP contribution in [-0.4, -0.2) is 13.2 Å². The lowest BCUT2D eigenvalue weighted by atomic mass is 10.0. The lowest BCUT2D eigenvalue weighted by Gasteiger charge is -2.12. The Balaban J connectivity index is 1.92. The molecule has 3 rings (SSSR count). The van der Waals surface area contributed by atoms with Crippen molar-refractivity contribution in [3.05, 3.63) is 52.8 Å². The van der Waals surface area contributed by atoms with Crippen LogP contribution in [0.3, 0.4) is 0 Å². The third-order valence-corrected chi connectivity index (χ3v) is 3.92. The van der Waals surface area contributed by atoms with Crippen LogP contribution >= 0.6 is 11.6 Å². The van der Waals surface area contributed by atoms with Gasteiger partial charge in [0.2, 0.25) is 0 Å². The summed E-state index contributed by atoms with van der Waals surface area (Å²) in [5.74, 6) is 0.509. The van der Waals surface area contributed by atoms with Crippen molar-refractivity contribution in [3.8, 4) is 16.9 Å². The van der Waals surface area contributed by atoms with E-state index in [1.165, 1.54) is 18.9 Å². The van der Waals surface area contributed by atoms with Gasteiger partial charge in [-0.1, -0.05) is 17.7 Å². The maximum absolute atomic E-state index is 14.0. The SMILES string of the molecule is COc1ccc(-c2ccc(Cl)cc2F)cc1CNC1CC1. The molecule has 1 N–H and O–H groups in total. The zero-order chi connectivity index (χ0) is 14.8. The minimum atomic E-state index is -0.311. The molecule has 1 aliphatic rings. The van der Waals surface area contributed by atoms with Gasteiger partial charge in [0.15, 0.2) is 0 Å². The first-order valence-corrected chi connectivity index (χ1v) is 7.41. The Kier molecular flexibility index (Phi) is 4.13. The van der Waals surface area contributed by atoms with Crippen molar-refractivity contribution < 1.29 is 9.13 Å². The third-order valence-electron chi connectivity index (χ3n) is 3.68. The summed E-state index contributed by atoms with van der Waals surface area (Å²) in [7, 11) is 1.65. The van der Waals surface area contributed by atoms with E-state index in [9.17, 15) is 4.39 Å². The molecule has 0 aliphatic heterocycles. The molecule has 0 amide bonds. The van der Waals surface area contributed by atoms with Crippen molar-refractivity contribution in [2.75, 3.05) is 7.11 Å². The molecule has 1 aliphatic carbocycles. The molecule has 1 saturated carbocycles. The number of hydrogen-bond acceptors (Lipinski definition) is 2. The summed E-state index contributed by atoms with van der Waals surface area (Å²) in [5, 5.41) is 3.86. The minimum Gasteiger partial charge on any atom is -0.496 e. The summed E-state index contributed by atoms with van der Waals surface area (Å²) in [6, 6.07) is 11.1. The molecule has 110 valence electrons. The van der Waals surface area contributed by atoms with Gasteiger partial charge in [-0.05, 0) is 48.7 Å². The zero-order valence-corrected chi connectivity index (χ0v) is 12.6. The van der Waals surface area contributed by atoms with Crippen LogP contribution in [0.5, 0.6) is 5.75 Å². The van der Waals surface area contributed by atoms with E-state index in [-0.39, 0.29) is 5.82 Å². The van der Waals surface area contributed by atoms with Crippen molar-refractivity contribution in [1.82, 2.24) is 5.32 Å². The summed E-state index contributed by atoms with van der Waals surface area (Å²) in [5.41, 5.74) is 2.42. The van der Waals surface area contributed by atoms with Gasteiger partial charge in [0, 0.05) is 28.7 Å². The fraction of sp³-hybridized carbons (Fsp3) is 0.294. The Hall–Kier alpha value is -1.58. The van der Waals surface area contributed by atoms with Crippen LogP contribution in [0.15, 0.2) is 36.4 Å². The summed E-state index contributed by atoms with van der Waals surface area (Å²) < 4.78 is 19.4. The average molecular weight is 306 g/mol. The molecule has 2 aromatic rings. The van der Waals surface area contributed by atoms with E-state index in [4.69, 9.17) is 16.3 Å². The number of rotatable bonds is 5. The summed E-state index contributed by atoms with van der Waals surface area (Å²) in [6.07, 6.45) is 2.46. The molecule has 0 radical (unpaired) electrons. The Bertz CT molecular complexity index is 655. The lowest BCUT2D eigenvalue weighted by molar-refractivity contribution is 0.407. The normalized spacial score (nSPS) is 14.2. The van der Waals surface area contributed by atoms with Crippen LogP contribution in [0.4, 0.5) is 4.39 Å². The van der Waals surface area contributed by atoms with Crippen LogP contribution in [0.2, 0.25) is 5.02 Å². The predicted molar refractivity (Wildman–Crippen MR) is 83.3 cm³/mol. The number of benzene rings is 2. The summed E-state index contributed by atoms with van der Waals surface area (Å²) in [4.78, 5) is 0. The van der Waals surface area contributed by atoms with E-state index in [2.05, 4.69) is 5.32 Å². The van der Waals surface area contributed by atoms with Crippen LogP contribution in [0.1, 0.15) is 18.4 Å². The van der Waals surface area contributed by atoms with Gasteiger partial charge >= 0.3 is 0 Å². The minimum absolute atomic E-state index is 0.311.